The Morgan fingerprint density at radius 3 is 2.35 bits per heavy atom. The first-order valence-electron chi connectivity index (χ1n) is 13.4. The highest BCUT2D eigenvalue weighted by atomic mass is 32.2. The molecule has 0 spiro atoms. The van der Waals surface area contributed by atoms with Crippen LogP contribution < -0.4 is 4.72 Å². The molecule has 37 heavy (non-hydrogen) atoms. The molecule has 3 aromatic carbocycles. The number of aryl methyl sites for hydroxylation is 2. The van der Waals surface area contributed by atoms with E-state index in [9.17, 15) is 9.00 Å². The number of nitrogens with one attached hydrogen (secondary N) is 1. The van der Waals surface area contributed by atoms with Gasteiger partial charge in [-0.3, -0.25) is 9.69 Å². The molecule has 5 nitrogen and oxygen atoms in total. The van der Waals surface area contributed by atoms with Crippen molar-refractivity contribution in [2.75, 3.05) is 37.4 Å². The first-order valence-corrected chi connectivity index (χ1v) is 14.5. The molecule has 1 aliphatic heterocycles. The third kappa shape index (κ3) is 7.30. The summed E-state index contributed by atoms with van der Waals surface area (Å²) in [5.41, 5.74) is 4.99. The Hall–Kier alpha value is -2.96. The van der Waals surface area contributed by atoms with Crippen LogP contribution in [-0.4, -0.2) is 52.6 Å². The highest BCUT2D eigenvalue weighted by Crippen LogP contribution is 2.21. The number of anilines is 1. The van der Waals surface area contributed by atoms with Gasteiger partial charge in [0.1, 0.15) is 11.0 Å². The lowest BCUT2D eigenvalue weighted by molar-refractivity contribution is 0.0630. The van der Waals surface area contributed by atoms with Crippen molar-refractivity contribution in [1.29, 1.82) is 0 Å². The van der Waals surface area contributed by atoms with E-state index in [4.69, 9.17) is 0 Å². The predicted molar refractivity (Wildman–Crippen MR) is 153 cm³/mol. The van der Waals surface area contributed by atoms with Crippen LogP contribution in [0.15, 0.2) is 77.7 Å². The molecule has 0 radical (unpaired) electrons. The van der Waals surface area contributed by atoms with E-state index < -0.39 is 11.0 Å². The fourth-order valence-electron chi connectivity index (χ4n) is 4.81. The fourth-order valence-corrected chi connectivity index (χ4v) is 5.70. The summed E-state index contributed by atoms with van der Waals surface area (Å²) in [7, 11) is -1.45. The third-order valence-corrected chi connectivity index (χ3v) is 8.30. The van der Waals surface area contributed by atoms with Gasteiger partial charge in [0.2, 0.25) is 0 Å². The first-order chi connectivity index (χ1) is 17.9. The monoisotopic (exact) mass is 517 g/mol. The Balaban J connectivity index is 1.34. The fraction of sp³-hybridized carbons (Fsp3) is 0.387. The summed E-state index contributed by atoms with van der Waals surface area (Å²) in [5.74, 6) is 0.477. The summed E-state index contributed by atoms with van der Waals surface area (Å²) >= 11 is 0. The Bertz CT molecular complexity index is 1190. The number of rotatable bonds is 10. The van der Waals surface area contributed by atoms with E-state index in [0.29, 0.717) is 29.5 Å². The maximum absolute atomic E-state index is 13.4. The molecule has 1 aliphatic rings. The van der Waals surface area contributed by atoms with E-state index in [2.05, 4.69) is 65.9 Å². The lowest BCUT2D eigenvalue weighted by Gasteiger charge is -2.36. The second-order valence-electron chi connectivity index (χ2n) is 10.1. The number of benzene rings is 3. The minimum absolute atomic E-state index is 0.0207. The van der Waals surface area contributed by atoms with Gasteiger partial charge in [0.05, 0.1) is 4.90 Å². The molecule has 1 N–H and O–H groups in total. The molecule has 0 bridgehead atoms. The van der Waals surface area contributed by atoms with Crippen molar-refractivity contribution in [2.24, 2.45) is 0 Å². The number of nitrogens with zero attached hydrogens (tertiary/aromatic N) is 2. The number of unbranched alkanes of at least 4 members (excludes halogenated alkanes) is 1. The molecule has 196 valence electrons. The minimum Gasteiger partial charge on any atom is -0.336 e. The van der Waals surface area contributed by atoms with Gasteiger partial charge in [-0.1, -0.05) is 68.8 Å². The molecule has 2 atom stereocenters. The molecule has 4 rings (SSSR count). The standard InChI is InChI=1S/C31H39N3O2S/c1-4-5-9-26-13-15-28(16-14-26)32-37(36)29-17-12-24(2)30(22-29)31(35)34-20-18-33(19-21-34)23-25(3)27-10-7-6-8-11-27/h6-8,10-17,22,25,32H,4-5,9,18-21,23H2,1-3H3. The van der Waals surface area contributed by atoms with E-state index >= 15 is 0 Å². The maximum Gasteiger partial charge on any atom is 0.254 e. The predicted octanol–water partition coefficient (Wildman–Crippen LogP) is 6.03. The summed E-state index contributed by atoms with van der Waals surface area (Å²) in [5, 5.41) is 0. The zero-order valence-electron chi connectivity index (χ0n) is 22.3. The number of piperazine rings is 1. The Morgan fingerprint density at radius 2 is 1.68 bits per heavy atom. The minimum atomic E-state index is -1.45. The zero-order valence-corrected chi connectivity index (χ0v) is 23.1. The van der Waals surface area contributed by atoms with Crippen LogP contribution in [0.3, 0.4) is 0 Å². The van der Waals surface area contributed by atoms with E-state index in [1.165, 1.54) is 24.0 Å². The summed E-state index contributed by atoms with van der Waals surface area (Å²) in [6.07, 6.45) is 3.39. The van der Waals surface area contributed by atoms with E-state index in [1.807, 2.05) is 36.1 Å². The molecule has 1 saturated heterocycles. The topological polar surface area (TPSA) is 52.7 Å². The quantitative estimate of drug-likeness (QED) is 0.357. The Kier molecular flexibility index (Phi) is 9.53. The van der Waals surface area contributed by atoms with Crippen molar-refractivity contribution in [3.05, 3.63) is 95.1 Å². The van der Waals surface area contributed by atoms with Crippen molar-refractivity contribution in [2.45, 2.75) is 50.8 Å². The van der Waals surface area contributed by atoms with Crippen LogP contribution in [0.1, 0.15) is 59.7 Å². The van der Waals surface area contributed by atoms with Crippen molar-refractivity contribution < 1.29 is 9.00 Å². The summed E-state index contributed by atoms with van der Waals surface area (Å²) in [6.45, 7) is 10.5. The Labute approximate surface area is 224 Å². The number of amides is 1. The van der Waals surface area contributed by atoms with Crippen LogP contribution >= 0.6 is 0 Å². The van der Waals surface area contributed by atoms with Crippen LogP contribution in [0.5, 0.6) is 0 Å². The molecule has 0 aromatic heterocycles. The maximum atomic E-state index is 13.4. The zero-order chi connectivity index (χ0) is 26.2. The molecule has 6 heteroatoms. The highest BCUT2D eigenvalue weighted by molar-refractivity contribution is 7.86. The van der Waals surface area contributed by atoms with Gasteiger partial charge < -0.3 is 9.62 Å². The highest BCUT2D eigenvalue weighted by Gasteiger charge is 2.25. The van der Waals surface area contributed by atoms with Crippen molar-refractivity contribution >= 4 is 22.6 Å². The molecular weight excluding hydrogens is 478 g/mol. The van der Waals surface area contributed by atoms with Gasteiger partial charge in [0.15, 0.2) is 0 Å². The van der Waals surface area contributed by atoms with Crippen LogP contribution in [0, 0.1) is 6.92 Å². The van der Waals surface area contributed by atoms with E-state index in [1.54, 1.807) is 6.07 Å². The molecule has 3 aromatic rings. The average molecular weight is 518 g/mol. The second kappa shape index (κ2) is 13.0. The second-order valence-corrected chi connectivity index (χ2v) is 11.3. The van der Waals surface area contributed by atoms with E-state index in [0.717, 1.165) is 37.3 Å². The molecule has 1 fully saturated rings. The van der Waals surface area contributed by atoms with Crippen LogP contribution in [0.25, 0.3) is 0 Å². The van der Waals surface area contributed by atoms with Crippen LogP contribution in [0.4, 0.5) is 5.69 Å². The van der Waals surface area contributed by atoms with Crippen LogP contribution in [-0.2, 0) is 17.4 Å². The van der Waals surface area contributed by atoms with E-state index in [-0.39, 0.29) is 5.91 Å². The lowest BCUT2D eigenvalue weighted by Crippen LogP contribution is -2.49. The van der Waals surface area contributed by atoms with Gasteiger partial charge in [-0.2, -0.15) is 0 Å². The number of hydrogen-bond acceptors (Lipinski definition) is 3. The normalized spacial score (nSPS) is 15.8. The lowest BCUT2D eigenvalue weighted by atomic mass is 10.0. The number of carbonyl (C=O) groups excluding carboxylic acids is 1. The van der Waals surface area contributed by atoms with Gasteiger partial charge in [0.25, 0.3) is 5.91 Å². The van der Waals surface area contributed by atoms with Gasteiger partial charge in [-0.15, -0.1) is 0 Å². The van der Waals surface area contributed by atoms with Gasteiger partial charge in [0, 0.05) is 44.0 Å². The number of hydrogen-bond donors (Lipinski definition) is 1. The summed E-state index contributed by atoms with van der Waals surface area (Å²) < 4.78 is 16.1. The van der Waals surface area contributed by atoms with Gasteiger partial charge in [-0.25, -0.2) is 4.21 Å². The molecule has 0 saturated carbocycles. The average Bonchev–Trinajstić information content (AvgIpc) is 2.93. The summed E-state index contributed by atoms with van der Waals surface area (Å²) in [6, 6.07) is 24.2. The Morgan fingerprint density at radius 1 is 0.973 bits per heavy atom. The molecule has 1 amide bonds. The van der Waals surface area contributed by atoms with Crippen molar-refractivity contribution in [3.63, 3.8) is 0 Å². The largest absolute Gasteiger partial charge is 0.336 e. The van der Waals surface area contributed by atoms with Gasteiger partial charge >= 0.3 is 0 Å². The molecule has 2 unspecified atom stereocenters. The smallest absolute Gasteiger partial charge is 0.254 e. The van der Waals surface area contributed by atoms with Crippen LogP contribution in [0.2, 0.25) is 0 Å². The summed E-state index contributed by atoms with van der Waals surface area (Å²) in [4.78, 5) is 18.4. The molecule has 1 heterocycles. The first kappa shape index (κ1) is 27.1. The molecular formula is C31H39N3O2S. The van der Waals surface area contributed by atoms with Crippen molar-refractivity contribution in [1.82, 2.24) is 9.80 Å². The van der Waals surface area contributed by atoms with Crippen molar-refractivity contribution in [3.8, 4) is 0 Å². The number of carbonyl (C=O) groups is 1. The van der Waals surface area contributed by atoms with Gasteiger partial charge in [-0.05, 0) is 66.6 Å². The SMILES string of the molecule is CCCCc1ccc(NS(=O)c2ccc(C)c(C(=O)N3CCN(CC(C)c4ccccc4)CC3)c2)cc1. The third-order valence-electron chi connectivity index (χ3n) is 7.20. The molecule has 0 aliphatic carbocycles.